The summed E-state index contributed by atoms with van der Waals surface area (Å²) in [4.78, 5) is 0. The summed E-state index contributed by atoms with van der Waals surface area (Å²) in [7, 11) is 0. The number of hydrogen-bond donors (Lipinski definition) is 1. The van der Waals surface area contributed by atoms with Gasteiger partial charge in [0.2, 0.25) is 0 Å². The van der Waals surface area contributed by atoms with Crippen LogP contribution in [0.5, 0.6) is 0 Å². The number of nitrogen functional groups attached to an aromatic ring is 1. The van der Waals surface area contributed by atoms with E-state index in [9.17, 15) is 13.2 Å². The van der Waals surface area contributed by atoms with Gasteiger partial charge in [-0.3, -0.25) is 0 Å². The summed E-state index contributed by atoms with van der Waals surface area (Å²) in [5.41, 5.74) is 5.18. The Hall–Kier alpha value is -0.910. The minimum atomic E-state index is -4.33. The van der Waals surface area contributed by atoms with Crippen LogP contribution in [0, 0.1) is 0 Å². The Morgan fingerprint density at radius 3 is 2.50 bits per heavy atom. The summed E-state index contributed by atoms with van der Waals surface area (Å²) in [6, 6.07) is 0. The van der Waals surface area contributed by atoms with Crippen molar-refractivity contribution < 1.29 is 13.2 Å². The number of nitrogens with two attached hydrogens (primary N) is 1. The molecule has 0 radical (unpaired) electrons. The average Bonchev–Trinajstić information content (AvgIpc) is 2.16. The molecule has 1 aromatic heterocycles. The van der Waals surface area contributed by atoms with Gasteiger partial charge in [0.05, 0.1) is 6.20 Å². The Labute approximate surface area is 70.9 Å². The highest BCUT2D eigenvalue weighted by Gasteiger charge is 2.29. The third-order valence-corrected chi connectivity index (χ3v) is 1.45. The number of alkyl halides is 3. The van der Waals surface area contributed by atoms with Crippen LogP contribution in [0.15, 0.2) is 6.20 Å². The number of nitrogens with zero attached hydrogens (tertiary/aromatic N) is 2. The Kier molecular flexibility index (Phi) is 2.18. The highest BCUT2D eigenvalue weighted by molar-refractivity contribution is 6.32. The van der Waals surface area contributed by atoms with Gasteiger partial charge in [0.1, 0.15) is 17.4 Å². The molecule has 3 nitrogen and oxygen atoms in total. The molecule has 2 N–H and O–H groups in total. The summed E-state index contributed by atoms with van der Waals surface area (Å²) in [6.45, 7) is -1.22. The molecular formula is C5H5ClF3N3. The van der Waals surface area contributed by atoms with Crippen molar-refractivity contribution in [2.45, 2.75) is 12.7 Å². The molecule has 0 aliphatic carbocycles. The Bertz CT molecular complexity index is 280. The standard InChI is InChI=1S/C5H5ClF3N3/c6-3-1-11-12(4(3)10)2-5(7,8)9/h1H,2,10H2. The van der Waals surface area contributed by atoms with Gasteiger partial charge < -0.3 is 5.73 Å². The number of anilines is 1. The second-order valence-corrected chi connectivity index (χ2v) is 2.56. The van der Waals surface area contributed by atoms with Crippen molar-refractivity contribution in [3.05, 3.63) is 11.2 Å². The van der Waals surface area contributed by atoms with E-state index in [1.165, 1.54) is 0 Å². The van der Waals surface area contributed by atoms with E-state index in [1.807, 2.05) is 0 Å². The van der Waals surface area contributed by atoms with E-state index >= 15 is 0 Å². The first-order valence-corrected chi connectivity index (χ1v) is 3.31. The van der Waals surface area contributed by atoms with Crippen LogP contribution in [0.1, 0.15) is 0 Å². The van der Waals surface area contributed by atoms with Crippen molar-refractivity contribution >= 4 is 17.4 Å². The third kappa shape index (κ3) is 2.04. The van der Waals surface area contributed by atoms with Gasteiger partial charge in [-0.25, -0.2) is 4.68 Å². The van der Waals surface area contributed by atoms with Crippen LogP contribution >= 0.6 is 11.6 Å². The van der Waals surface area contributed by atoms with Crippen molar-refractivity contribution in [3.8, 4) is 0 Å². The van der Waals surface area contributed by atoms with Gasteiger partial charge in [0, 0.05) is 0 Å². The van der Waals surface area contributed by atoms with E-state index < -0.39 is 12.7 Å². The zero-order valence-corrected chi connectivity index (χ0v) is 6.52. The first-order chi connectivity index (χ1) is 5.40. The number of rotatable bonds is 1. The van der Waals surface area contributed by atoms with Crippen LogP contribution in [0.25, 0.3) is 0 Å². The number of halogens is 4. The van der Waals surface area contributed by atoms with Crippen LogP contribution in [-0.4, -0.2) is 16.0 Å². The lowest BCUT2D eigenvalue weighted by molar-refractivity contribution is -0.142. The van der Waals surface area contributed by atoms with Crippen molar-refractivity contribution in [3.63, 3.8) is 0 Å². The fourth-order valence-electron chi connectivity index (χ4n) is 0.668. The largest absolute Gasteiger partial charge is 0.408 e. The SMILES string of the molecule is Nc1c(Cl)cnn1CC(F)(F)F. The molecule has 1 rings (SSSR count). The molecule has 0 amide bonds. The van der Waals surface area contributed by atoms with E-state index in [2.05, 4.69) is 5.10 Å². The Morgan fingerprint density at radius 2 is 2.17 bits per heavy atom. The zero-order chi connectivity index (χ0) is 9.35. The maximum absolute atomic E-state index is 11.8. The van der Waals surface area contributed by atoms with Crippen LogP contribution < -0.4 is 5.73 Å². The van der Waals surface area contributed by atoms with Crippen molar-refractivity contribution in [2.24, 2.45) is 0 Å². The molecular weight excluding hydrogens is 195 g/mol. The normalized spacial score (nSPS) is 12.0. The maximum atomic E-state index is 11.8. The van der Waals surface area contributed by atoms with Gasteiger partial charge in [0.25, 0.3) is 0 Å². The first-order valence-electron chi connectivity index (χ1n) is 2.93. The highest BCUT2D eigenvalue weighted by Crippen LogP contribution is 2.22. The zero-order valence-electron chi connectivity index (χ0n) is 5.77. The van der Waals surface area contributed by atoms with Gasteiger partial charge in [-0.1, -0.05) is 11.6 Å². The fourth-order valence-corrected chi connectivity index (χ4v) is 0.809. The molecule has 0 saturated heterocycles. The summed E-state index contributed by atoms with van der Waals surface area (Å²) in [5.74, 6) is -0.172. The topological polar surface area (TPSA) is 43.8 Å². The predicted octanol–water partition coefficient (Wildman–Crippen LogP) is 1.68. The van der Waals surface area contributed by atoms with E-state index in [0.29, 0.717) is 4.68 Å². The first kappa shape index (κ1) is 9.18. The molecule has 0 saturated carbocycles. The molecule has 0 fully saturated rings. The fraction of sp³-hybridized carbons (Fsp3) is 0.400. The molecule has 12 heavy (non-hydrogen) atoms. The molecule has 1 aromatic rings. The lowest BCUT2D eigenvalue weighted by Gasteiger charge is -2.07. The average molecular weight is 200 g/mol. The third-order valence-electron chi connectivity index (χ3n) is 1.16. The molecule has 0 bridgehead atoms. The summed E-state index contributed by atoms with van der Waals surface area (Å²) >= 11 is 5.38. The van der Waals surface area contributed by atoms with E-state index in [-0.39, 0.29) is 10.8 Å². The van der Waals surface area contributed by atoms with Crippen molar-refractivity contribution in [2.75, 3.05) is 5.73 Å². The maximum Gasteiger partial charge on any atom is 0.408 e. The minimum absolute atomic E-state index is 0.0271. The van der Waals surface area contributed by atoms with Crippen LogP contribution in [0.4, 0.5) is 19.0 Å². The smallest absolute Gasteiger partial charge is 0.383 e. The molecule has 68 valence electrons. The molecule has 0 aromatic carbocycles. The van der Waals surface area contributed by atoms with Gasteiger partial charge in [-0.05, 0) is 0 Å². The second kappa shape index (κ2) is 2.85. The lowest BCUT2D eigenvalue weighted by atomic mass is 10.6. The number of aromatic nitrogens is 2. The van der Waals surface area contributed by atoms with Crippen molar-refractivity contribution in [1.82, 2.24) is 9.78 Å². The lowest BCUT2D eigenvalue weighted by Crippen LogP contribution is -2.19. The quantitative estimate of drug-likeness (QED) is 0.748. The summed E-state index contributed by atoms with van der Waals surface area (Å²) in [5, 5.41) is 3.37. The second-order valence-electron chi connectivity index (χ2n) is 2.15. The van der Waals surface area contributed by atoms with E-state index in [4.69, 9.17) is 17.3 Å². The Morgan fingerprint density at radius 1 is 1.58 bits per heavy atom. The van der Waals surface area contributed by atoms with Gasteiger partial charge in [0.15, 0.2) is 0 Å². The number of hydrogen-bond acceptors (Lipinski definition) is 2. The summed E-state index contributed by atoms with van der Waals surface area (Å²) in [6.07, 6.45) is -3.26. The predicted molar refractivity (Wildman–Crippen MR) is 37.7 cm³/mol. The molecule has 0 aliphatic rings. The molecule has 0 unspecified atom stereocenters. The van der Waals surface area contributed by atoms with Gasteiger partial charge >= 0.3 is 6.18 Å². The van der Waals surface area contributed by atoms with Crippen LogP contribution in [0.2, 0.25) is 5.02 Å². The molecule has 7 heteroatoms. The Balaban J connectivity index is 2.83. The van der Waals surface area contributed by atoms with Crippen LogP contribution in [-0.2, 0) is 6.54 Å². The molecule has 0 spiro atoms. The monoisotopic (exact) mass is 199 g/mol. The minimum Gasteiger partial charge on any atom is -0.383 e. The van der Waals surface area contributed by atoms with Crippen molar-refractivity contribution in [1.29, 1.82) is 0 Å². The van der Waals surface area contributed by atoms with Crippen LogP contribution in [0.3, 0.4) is 0 Å². The highest BCUT2D eigenvalue weighted by atomic mass is 35.5. The molecule has 0 aliphatic heterocycles. The van der Waals surface area contributed by atoms with Gasteiger partial charge in [-0.2, -0.15) is 18.3 Å². The van der Waals surface area contributed by atoms with E-state index in [1.54, 1.807) is 0 Å². The van der Waals surface area contributed by atoms with Gasteiger partial charge in [-0.15, -0.1) is 0 Å². The molecule has 1 heterocycles. The van der Waals surface area contributed by atoms with E-state index in [0.717, 1.165) is 6.20 Å². The summed E-state index contributed by atoms with van der Waals surface area (Å²) < 4.78 is 35.9. The molecule has 0 atom stereocenters.